The van der Waals surface area contributed by atoms with E-state index in [1.54, 1.807) is 19.6 Å². The summed E-state index contributed by atoms with van der Waals surface area (Å²) in [6.07, 6.45) is 13.9. The quantitative estimate of drug-likeness (QED) is 0.194. The highest BCUT2D eigenvalue weighted by atomic mass is 16.5. The van der Waals surface area contributed by atoms with Gasteiger partial charge in [-0.15, -0.1) is 0 Å². The Bertz CT molecular complexity index is 1550. The molecule has 4 aliphatic rings. The summed E-state index contributed by atoms with van der Waals surface area (Å²) in [5.41, 5.74) is 4.55. The summed E-state index contributed by atoms with van der Waals surface area (Å²) in [6.45, 7) is 9.19. The van der Waals surface area contributed by atoms with E-state index in [-0.39, 0.29) is 40.5 Å². The zero-order valence-electron chi connectivity index (χ0n) is 28.8. The van der Waals surface area contributed by atoms with E-state index < -0.39 is 0 Å². The molecule has 0 N–H and O–H groups in total. The molecule has 2 aromatic heterocycles. The summed E-state index contributed by atoms with van der Waals surface area (Å²) in [5.74, 6) is 2.75. The standard InChI is InChI=1S/C39H51N3O5/c1-6-46-35(43)22-28-7-9-29(10-8-28)37(44)42(34-23-30(13-20-40-34)32-24-47-36(41-32)26(2)3)25-38-14-17-39(18-15-38,19-16-38)31-11-12-33(45-5)27(4)21-31/h11-13,20-21,23-24,26,28-29H,6-10,14-19,22,25H2,1-5H3/t28-,29-,38?,39?. The first-order chi connectivity index (χ1) is 22.6. The lowest BCUT2D eigenvalue weighted by Crippen LogP contribution is -2.52. The molecule has 4 aliphatic carbocycles. The number of pyridine rings is 1. The smallest absolute Gasteiger partial charge is 0.306 e. The third-order valence-corrected chi connectivity index (χ3v) is 11.5. The van der Waals surface area contributed by atoms with Crippen LogP contribution in [0, 0.1) is 24.2 Å². The Morgan fingerprint density at radius 1 is 1.02 bits per heavy atom. The van der Waals surface area contributed by atoms with Crippen LogP contribution in [0.4, 0.5) is 5.82 Å². The molecule has 8 heteroatoms. The van der Waals surface area contributed by atoms with Crippen LogP contribution in [0.3, 0.4) is 0 Å². The number of anilines is 1. The second kappa shape index (κ2) is 13.8. The Morgan fingerprint density at radius 2 is 1.74 bits per heavy atom. The van der Waals surface area contributed by atoms with Gasteiger partial charge in [0.25, 0.3) is 0 Å². The van der Waals surface area contributed by atoms with Crippen molar-refractivity contribution >= 4 is 17.7 Å². The van der Waals surface area contributed by atoms with Crippen molar-refractivity contribution in [3.8, 4) is 17.0 Å². The van der Waals surface area contributed by atoms with E-state index in [4.69, 9.17) is 23.9 Å². The molecule has 0 aliphatic heterocycles. The van der Waals surface area contributed by atoms with Crippen LogP contribution in [0.1, 0.15) is 114 Å². The van der Waals surface area contributed by atoms with Gasteiger partial charge in [0.15, 0.2) is 5.89 Å². The fourth-order valence-corrected chi connectivity index (χ4v) is 8.45. The number of aryl methyl sites for hydroxylation is 1. The van der Waals surface area contributed by atoms with Gasteiger partial charge >= 0.3 is 5.97 Å². The number of carbonyl (C=O) groups is 2. The van der Waals surface area contributed by atoms with E-state index >= 15 is 0 Å². The molecule has 2 heterocycles. The van der Waals surface area contributed by atoms with E-state index in [1.165, 1.54) is 11.1 Å². The number of aromatic nitrogens is 2. The minimum atomic E-state index is -0.132. The van der Waals surface area contributed by atoms with Gasteiger partial charge in [-0.05, 0) is 124 Å². The first-order valence-electron chi connectivity index (χ1n) is 17.7. The highest BCUT2D eigenvalue weighted by Gasteiger charge is 2.51. The van der Waals surface area contributed by atoms with E-state index in [2.05, 4.69) is 39.0 Å². The zero-order valence-corrected chi connectivity index (χ0v) is 28.8. The molecule has 8 nitrogen and oxygen atoms in total. The number of nitrogens with zero attached hydrogens (tertiary/aromatic N) is 3. The molecule has 1 amide bonds. The lowest BCUT2D eigenvalue weighted by molar-refractivity contribution is -0.144. The number of rotatable bonds is 11. The Kier molecular flexibility index (Phi) is 9.77. The minimum Gasteiger partial charge on any atom is -0.496 e. The summed E-state index contributed by atoms with van der Waals surface area (Å²) >= 11 is 0. The van der Waals surface area contributed by atoms with Gasteiger partial charge in [-0.2, -0.15) is 0 Å². The zero-order chi connectivity index (χ0) is 33.2. The number of amides is 1. The van der Waals surface area contributed by atoms with Gasteiger partial charge in [0.05, 0.1) is 13.7 Å². The summed E-state index contributed by atoms with van der Waals surface area (Å²) in [7, 11) is 1.73. The third-order valence-electron chi connectivity index (χ3n) is 11.5. The van der Waals surface area contributed by atoms with E-state index in [0.717, 1.165) is 81.2 Å². The van der Waals surface area contributed by atoms with Crippen LogP contribution < -0.4 is 9.64 Å². The average molecular weight is 642 g/mol. The summed E-state index contributed by atoms with van der Waals surface area (Å²) in [4.78, 5) is 38.2. The largest absolute Gasteiger partial charge is 0.496 e. The molecular formula is C39H51N3O5. The maximum Gasteiger partial charge on any atom is 0.306 e. The first kappa shape index (κ1) is 33.2. The van der Waals surface area contributed by atoms with Crippen LogP contribution in [0.2, 0.25) is 0 Å². The predicted molar refractivity (Wildman–Crippen MR) is 182 cm³/mol. The molecule has 0 radical (unpaired) electrons. The molecular weight excluding hydrogens is 590 g/mol. The van der Waals surface area contributed by atoms with Crippen LogP contribution >= 0.6 is 0 Å². The molecule has 3 aromatic rings. The van der Waals surface area contributed by atoms with Crippen LogP contribution in [-0.4, -0.2) is 42.1 Å². The molecule has 47 heavy (non-hydrogen) atoms. The Morgan fingerprint density at radius 3 is 2.36 bits per heavy atom. The van der Waals surface area contributed by atoms with Crippen molar-refractivity contribution in [2.75, 3.05) is 25.2 Å². The minimum absolute atomic E-state index is 0.0659. The lowest BCUT2D eigenvalue weighted by atomic mass is 9.51. The number of hydrogen-bond acceptors (Lipinski definition) is 7. The molecule has 1 aromatic carbocycles. The van der Waals surface area contributed by atoms with Gasteiger partial charge in [-0.1, -0.05) is 26.0 Å². The number of ether oxygens (including phenoxy) is 2. The molecule has 4 saturated carbocycles. The monoisotopic (exact) mass is 641 g/mol. The highest BCUT2D eigenvalue weighted by Crippen LogP contribution is 2.58. The molecule has 0 unspecified atom stereocenters. The van der Waals surface area contributed by atoms with Gasteiger partial charge in [-0.25, -0.2) is 9.97 Å². The number of esters is 1. The number of hydrogen-bond donors (Lipinski definition) is 0. The molecule has 7 rings (SSSR count). The molecule has 4 fully saturated rings. The Balaban J connectivity index is 1.23. The van der Waals surface area contributed by atoms with E-state index in [0.29, 0.717) is 31.3 Å². The maximum absolute atomic E-state index is 14.5. The highest BCUT2D eigenvalue weighted by molar-refractivity contribution is 5.95. The second-order valence-electron chi connectivity index (χ2n) is 14.7. The van der Waals surface area contributed by atoms with Crippen molar-refractivity contribution in [2.24, 2.45) is 17.3 Å². The second-order valence-corrected chi connectivity index (χ2v) is 14.7. The number of benzene rings is 1. The fraction of sp³-hybridized carbons (Fsp3) is 0.590. The van der Waals surface area contributed by atoms with Gasteiger partial charge < -0.3 is 13.9 Å². The first-order valence-corrected chi connectivity index (χ1v) is 17.7. The van der Waals surface area contributed by atoms with Crippen LogP contribution in [0.5, 0.6) is 5.75 Å². The van der Waals surface area contributed by atoms with Crippen LogP contribution in [-0.2, 0) is 19.7 Å². The van der Waals surface area contributed by atoms with Crippen LogP contribution in [0.15, 0.2) is 47.2 Å². The molecule has 0 spiro atoms. The van der Waals surface area contributed by atoms with Crippen molar-refractivity contribution < 1.29 is 23.5 Å². The number of oxazole rings is 1. The van der Waals surface area contributed by atoms with Crippen molar-refractivity contribution in [3.05, 3.63) is 59.8 Å². The maximum atomic E-state index is 14.5. The Hall–Kier alpha value is -3.68. The fourth-order valence-electron chi connectivity index (χ4n) is 8.45. The molecule has 252 valence electrons. The summed E-state index contributed by atoms with van der Waals surface area (Å²) in [5, 5.41) is 0. The van der Waals surface area contributed by atoms with Crippen molar-refractivity contribution in [1.82, 2.24) is 9.97 Å². The van der Waals surface area contributed by atoms with E-state index in [1.807, 2.05) is 24.0 Å². The van der Waals surface area contributed by atoms with Gasteiger partial charge in [0, 0.05) is 36.6 Å². The van der Waals surface area contributed by atoms with Gasteiger partial charge in [-0.3, -0.25) is 14.5 Å². The van der Waals surface area contributed by atoms with Gasteiger partial charge in [0.1, 0.15) is 23.5 Å². The molecule has 2 bridgehead atoms. The summed E-state index contributed by atoms with van der Waals surface area (Å²) < 4.78 is 16.5. The lowest BCUT2D eigenvalue weighted by Gasteiger charge is -2.55. The van der Waals surface area contributed by atoms with Crippen molar-refractivity contribution in [3.63, 3.8) is 0 Å². The van der Waals surface area contributed by atoms with Crippen molar-refractivity contribution in [2.45, 2.75) is 110 Å². The topological polar surface area (TPSA) is 94.8 Å². The average Bonchev–Trinajstić information content (AvgIpc) is 3.60. The molecule has 0 saturated heterocycles. The van der Waals surface area contributed by atoms with Crippen molar-refractivity contribution in [1.29, 1.82) is 0 Å². The molecule has 0 atom stereocenters. The van der Waals surface area contributed by atoms with E-state index in [9.17, 15) is 9.59 Å². The number of fused-ring (bicyclic) bond motifs is 3. The predicted octanol–water partition coefficient (Wildman–Crippen LogP) is 8.56. The van der Waals surface area contributed by atoms with Gasteiger partial charge in [0.2, 0.25) is 5.91 Å². The van der Waals surface area contributed by atoms with Crippen LogP contribution in [0.25, 0.3) is 11.3 Å². The third kappa shape index (κ3) is 6.97. The normalized spacial score (nSPS) is 25.5. The number of methoxy groups -OCH3 is 1. The Labute approximate surface area is 279 Å². The summed E-state index contributed by atoms with van der Waals surface area (Å²) in [6, 6.07) is 10.7. The number of carbonyl (C=O) groups excluding carboxylic acids is 2. The SMILES string of the molecule is CCOC(=O)C[C@H]1CC[C@H](C(=O)N(CC23CCC(c4ccc(OC)c(C)c4)(CC2)CC3)c2cc(-c3coc(C(C)C)n3)ccn2)CC1.